The zero-order valence-corrected chi connectivity index (χ0v) is 11.5. The second-order valence-electron chi connectivity index (χ2n) is 4.30. The van der Waals surface area contributed by atoms with Crippen LogP contribution in [0.25, 0.3) is 0 Å². The lowest BCUT2D eigenvalue weighted by atomic mass is 10.2. The number of benzene rings is 2. The highest BCUT2D eigenvalue weighted by Crippen LogP contribution is 2.02. The predicted octanol–water partition coefficient (Wildman–Crippen LogP) is 2.67. The monoisotopic (exact) mass is 283 g/mol. The molecule has 2 aromatic rings. The van der Waals surface area contributed by atoms with Crippen molar-refractivity contribution in [3.05, 3.63) is 71.8 Å². The molecular formula is C16H17N3O2. The minimum Gasteiger partial charge on any atom is -0.460 e. The molecule has 3 N–H and O–H groups in total. The molecule has 0 bridgehead atoms. The molecule has 5 nitrogen and oxygen atoms in total. The molecule has 5 heteroatoms. The molecule has 21 heavy (non-hydrogen) atoms. The van der Waals surface area contributed by atoms with Gasteiger partial charge in [-0.3, -0.25) is 0 Å². The minimum atomic E-state index is -0.274. The SMILES string of the molecule is N=C(/N=C(/N)OCc1ccccc1)OCc1ccccc1. The van der Waals surface area contributed by atoms with Crippen molar-refractivity contribution < 1.29 is 9.47 Å². The Hall–Kier alpha value is -2.82. The number of aliphatic imine (C=N–C) groups is 1. The molecule has 2 rings (SSSR count). The molecule has 0 aliphatic heterocycles. The van der Waals surface area contributed by atoms with Gasteiger partial charge in [0.15, 0.2) is 0 Å². The van der Waals surface area contributed by atoms with Crippen LogP contribution in [-0.2, 0) is 22.7 Å². The number of hydrogen-bond acceptors (Lipinski definition) is 3. The highest BCUT2D eigenvalue weighted by atomic mass is 16.5. The Labute approximate surface area is 123 Å². The van der Waals surface area contributed by atoms with Crippen molar-refractivity contribution >= 4 is 12.0 Å². The van der Waals surface area contributed by atoms with Gasteiger partial charge in [0.05, 0.1) is 0 Å². The molecule has 2 aromatic carbocycles. The van der Waals surface area contributed by atoms with E-state index in [4.69, 9.17) is 20.6 Å². The fraction of sp³-hybridized carbons (Fsp3) is 0.125. The van der Waals surface area contributed by atoms with Gasteiger partial charge >= 0.3 is 6.02 Å². The van der Waals surface area contributed by atoms with Crippen molar-refractivity contribution in [1.29, 1.82) is 5.41 Å². The zero-order valence-electron chi connectivity index (χ0n) is 11.5. The summed E-state index contributed by atoms with van der Waals surface area (Å²) in [4.78, 5) is 3.74. The van der Waals surface area contributed by atoms with Crippen molar-refractivity contribution in [1.82, 2.24) is 0 Å². The number of nitrogens with one attached hydrogen (secondary N) is 1. The third-order valence-electron chi connectivity index (χ3n) is 2.66. The largest absolute Gasteiger partial charge is 0.460 e. The number of hydrogen-bond donors (Lipinski definition) is 2. The maximum Gasteiger partial charge on any atom is 0.313 e. The molecule has 0 aliphatic rings. The Bertz CT molecular complexity index is 597. The van der Waals surface area contributed by atoms with Crippen molar-refractivity contribution in [3.8, 4) is 0 Å². The van der Waals surface area contributed by atoms with Crippen LogP contribution in [0.2, 0.25) is 0 Å². The van der Waals surface area contributed by atoms with Crippen molar-refractivity contribution in [3.63, 3.8) is 0 Å². The fourth-order valence-electron chi connectivity index (χ4n) is 1.62. The molecular weight excluding hydrogens is 266 g/mol. The second kappa shape index (κ2) is 7.69. The van der Waals surface area contributed by atoms with Crippen LogP contribution in [0.1, 0.15) is 11.1 Å². The molecule has 0 saturated heterocycles. The molecule has 0 fully saturated rings. The summed E-state index contributed by atoms with van der Waals surface area (Å²) < 4.78 is 10.4. The Balaban J connectivity index is 1.77. The topological polar surface area (TPSA) is 80.7 Å². The summed E-state index contributed by atoms with van der Waals surface area (Å²) in [6.07, 6.45) is 0. The van der Waals surface area contributed by atoms with E-state index >= 15 is 0 Å². The Morgan fingerprint density at radius 1 is 0.857 bits per heavy atom. The summed E-state index contributed by atoms with van der Waals surface area (Å²) >= 11 is 0. The van der Waals surface area contributed by atoms with Gasteiger partial charge in [0, 0.05) is 0 Å². The van der Waals surface area contributed by atoms with Gasteiger partial charge < -0.3 is 15.2 Å². The normalized spacial score (nSPS) is 11.0. The molecule has 108 valence electrons. The van der Waals surface area contributed by atoms with Crippen LogP contribution in [0.5, 0.6) is 0 Å². The molecule has 0 aliphatic carbocycles. The maximum absolute atomic E-state index is 7.58. The van der Waals surface area contributed by atoms with Crippen LogP contribution in [0.3, 0.4) is 0 Å². The maximum atomic E-state index is 7.58. The van der Waals surface area contributed by atoms with E-state index in [9.17, 15) is 0 Å². The summed E-state index contributed by atoms with van der Waals surface area (Å²) in [7, 11) is 0. The van der Waals surface area contributed by atoms with Crippen LogP contribution in [0.15, 0.2) is 65.7 Å². The van der Waals surface area contributed by atoms with Gasteiger partial charge in [0.25, 0.3) is 6.02 Å². The first kappa shape index (κ1) is 14.6. The Kier molecular flexibility index (Phi) is 5.34. The average Bonchev–Trinajstić information content (AvgIpc) is 2.53. The van der Waals surface area contributed by atoms with Crippen LogP contribution in [0.4, 0.5) is 0 Å². The van der Waals surface area contributed by atoms with Crippen LogP contribution in [0, 0.1) is 5.41 Å². The van der Waals surface area contributed by atoms with Gasteiger partial charge in [-0.1, -0.05) is 60.7 Å². The lowest BCUT2D eigenvalue weighted by Crippen LogP contribution is -2.18. The van der Waals surface area contributed by atoms with Gasteiger partial charge in [-0.15, -0.1) is 4.99 Å². The summed E-state index contributed by atoms with van der Waals surface area (Å²) in [5, 5.41) is 7.58. The lowest BCUT2D eigenvalue weighted by molar-refractivity contribution is 0.272. The highest BCUT2D eigenvalue weighted by Gasteiger charge is 2.01. The van der Waals surface area contributed by atoms with Crippen molar-refractivity contribution in [2.75, 3.05) is 0 Å². The van der Waals surface area contributed by atoms with Crippen LogP contribution >= 0.6 is 0 Å². The van der Waals surface area contributed by atoms with E-state index in [1.54, 1.807) is 0 Å². The lowest BCUT2D eigenvalue weighted by Gasteiger charge is -2.06. The quantitative estimate of drug-likeness (QED) is 0.668. The number of nitrogens with zero attached hydrogens (tertiary/aromatic N) is 1. The summed E-state index contributed by atoms with van der Waals surface area (Å²) in [5.41, 5.74) is 7.54. The van der Waals surface area contributed by atoms with Gasteiger partial charge in [-0.2, -0.15) is 0 Å². The Morgan fingerprint density at radius 3 is 1.86 bits per heavy atom. The van der Waals surface area contributed by atoms with Crippen molar-refractivity contribution in [2.45, 2.75) is 13.2 Å². The number of nitrogens with two attached hydrogens (primary N) is 1. The molecule has 0 saturated carbocycles. The first-order chi connectivity index (χ1) is 10.2. The number of amidine groups is 2. The van der Waals surface area contributed by atoms with E-state index in [1.807, 2.05) is 60.7 Å². The molecule has 0 spiro atoms. The molecule has 0 aromatic heterocycles. The standard InChI is InChI=1S/C16H17N3O2/c17-15(20-11-13-7-3-1-4-8-13)19-16(18)21-12-14-9-5-2-6-10-14/h1-10H,11-12H2,(H3,17,18,19). The molecule has 0 heterocycles. The summed E-state index contributed by atoms with van der Waals surface area (Å²) in [6, 6.07) is 18.8. The van der Waals surface area contributed by atoms with Crippen LogP contribution in [-0.4, -0.2) is 12.0 Å². The first-order valence-electron chi connectivity index (χ1n) is 6.50. The fourth-order valence-corrected chi connectivity index (χ4v) is 1.62. The van der Waals surface area contributed by atoms with Gasteiger partial charge in [0.2, 0.25) is 0 Å². The van der Waals surface area contributed by atoms with Crippen molar-refractivity contribution in [2.24, 2.45) is 10.7 Å². The number of ether oxygens (including phenoxy) is 2. The highest BCUT2D eigenvalue weighted by molar-refractivity contribution is 5.86. The first-order valence-corrected chi connectivity index (χ1v) is 6.50. The molecule has 0 amide bonds. The van der Waals surface area contributed by atoms with Gasteiger partial charge in [0.1, 0.15) is 13.2 Å². The van der Waals surface area contributed by atoms with Gasteiger partial charge in [-0.05, 0) is 11.1 Å². The van der Waals surface area contributed by atoms with E-state index < -0.39 is 0 Å². The van der Waals surface area contributed by atoms with E-state index in [1.165, 1.54) is 0 Å². The average molecular weight is 283 g/mol. The van der Waals surface area contributed by atoms with E-state index in [0.29, 0.717) is 6.61 Å². The zero-order chi connectivity index (χ0) is 14.9. The summed E-state index contributed by atoms with van der Waals surface area (Å²) in [5.74, 6) is 0. The minimum absolute atomic E-state index is 0.0862. The second-order valence-corrected chi connectivity index (χ2v) is 4.30. The predicted molar refractivity (Wildman–Crippen MR) is 81.8 cm³/mol. The third-order valence-corrected chi connectivity index (χ3v) is 2.66. The van der Waals surface area contributed by atoms with Gasteiger partial charge in [-0.25, -0.2) is 5.41 Å². The third kappa shape index (κ3) is 5.36. The molecule has 0 unspecified atom stereocenters. The number of rotatable bonds is 4. The van der Waals surface area contributed by atoms with E-state index in [2.05, 4.69) is 4.99 Å². The van der Waals surface area contributed by atoms with Crippen LogP contribution < -0.4 is 5.73 Å². The van der Waals surface area contributed by atoms with E-state index in [-0.39, 0.29) is 18.7 Å². The Morgan fingerprint density at radius 2 is 1.33 bits per heavy atom. The van der Waals surface area contributed by atoms with E-state index in [0.717, 1.165) is 11.1 Å². The smallest absolute Gasteiger partial charge is 0.313 e. The summed E-state index contributed by atoms with van der Waals surface area (Å²) in [6.45, 7) is 0.581. The molecule has 0 atom stereocenters. The molecule has 0 radical (unpaired) electrons.